The Morgan fingerprint density at radius 2 is 1.94 bits per heavy atom. The monoisotopic (exact) mass is 463 g/mol. The van der Waals surface area contributed by atoms with Gasteiger partial charge in [-0.1, -0.05) is 0 Å². The second kappa shape index (κ2) is 8.01. The zero-order valence-electron chi connectivity index (χ0n) is 18.0. The van der Waals surface area contributed by atoms with E-state index in [-0.39, 0.29) is 29.9 Å². The van der Waals surface area contributed by atoms with Crippen LogP contribution in [-0.2, 0) is 0 Å². The number of halogens is 3. The normalized spacial score (nSPS) is 20.7. The predicted molar refractivity (Wildman–Crippen MR) is 112 cm³/mol. The molecular formula is C21H24F3N7O2. The summed E-state index contributed by atoms with van der Waals surface area (Å²) in [6, 6.07) is 1.80. The molecule has 0 unspecified atom stereocenters. The molecule has 2 aliphatic rings. The van der Waals surface area contributed by atoms with Crippen LogP contribution in [0, 0.1) is 6.92 Å². The minimum absolute atomic E-state index is 0.145. The molecule has 3 aromatic heterocycles. The maximum Gasteiger partial charge on any atom is 0.404 e. The van der Waals surface area contributed by atoms with Gasteiger partial charge in [0.25, 0.3) is 11.5 Å². The van der Waals surface area contributed by atoms with E-state index in [4.69, 9.17) is 0 Å². The lowest BCUT2D eigenvalue weighted by atomic mass is 10.0. The van der Waals surface area contributed by atoms with Gasteiger partial charge in [-0.2, -0.15) is 18.3 Å². The first kappa shape index (κ1) is 21.7. The molecular weight excluding hydrogens is 439 g/mol. The number of aromatic amines is 1. The maximum atomic E-state index is 13.3. The van der Waals surface area contributed by atoms with E-state index < -0.39 is 12.2 Å². The van der Waals surface area contributed by atoms with Crippen molar-refractivity contribution in [3.63, 3.8) is 0 Å². The number of rotatable bonds is 3. The van der Waals surface area contributed by atoms with Crippen LogP contribution in [-0.4, -0.2) is 78.0 Å². The number of likely N-dealkylation sites (tertiary alicyclic amines) is 2. The van der Waals surface area contributed by atoms with Crippen molar-refractivity contribution in [2.75, 3.05) is 19.6 Å². The number of H-pyrrole nitrogens is 1. The molecule has 0 radical (unpaired) electrons. The number of carbonyl (C=O) groups is 1. The summed E-state index contributed by atoms with van der Waals surface area (Å²) in [6.07, 6.45) is 0.568. The van der Waals surface area contributed by atoms with Crippen molar-refractivity contribution in [2.45, 2.75) is 50.9 Å². The SMILES string of the molecule is Cc1c(C(=O)N2CCC(N3CCC[C@@H]3C(F)(F)F)CC2)cnn1-c1nn2cccc2c(=O)[nH]1. The van der Waals surface area contributed by atoms with Crippen molar-refractivity contribution in [1.29, 1.82) is 0 Å². The fourth-order valence-electron chi connectivity index (χ4n) is 5.01. The summed E-state index contributed by atoms with van der Waals surface area (Å²) in [5, 5.41) is 8.57. The fraction of sp³-hybridized carbons (Fsp3) is 0.524. The lowest BCUT2D eigenvalue weighted by Crippen LogP contribution is -2.51. The molecule has 2 saturated heterocycles. The average Bonchev–Trinajstić information content (AvgIpc) is 3.52. The number of hydrogen-bond acceptors (Lipinski definition) is 5. The number of nitrogens with one attached hydrogen (secondary N) is 1. The summed E-state index contributed by atoms with van der Waals surface area (Å²) < 4.78 is 42.8. The summed E-state index contributed by atoms with van der Waals surface area (Å²) in [5.74, 6) is -0.0402. The molecule has 5 rings (SSSR count). The smallest absolute Gasteiger partial charge is 0.338 e. The molecule has 0 spiro atoms. The minimum atomic E-state index is -4.21. The average molecular weight is 463 g/mol. The van der Waals surface area contributed by atoms with Gasteiger partial charge in [0.1, 0.15) is 11.6 Å². The first-order chi connectivity index (χ1) is 15.7. The van der Waals surface area contributed by atoms with Gasteiger partial charge in [0, 0.05) is 25.3 Å². The molecule has 3 aromatic rings. The molecule has 1 atom stereocenters. The van der Waals surface area contributed by atoms with Gasteiger partial charge in [-0.25, -0.2) is 9.20 Å². The molecule has 1 N–H and O–H groups in total. The molecule has 9 nitrogen and oxygen atoms in total. The van der Waals surface area contributed by atoms with E-state index in [0.29, 0.717) is 55.7 Å². The fourth-order valence-corrected chi connectivity index (χ4v) is 5.01. The third kappa shape index (κ3) is 3.81. The number of nitrogens with zero attached hydrogens (tertiary/aromatic N) is 6. The Labute approximate surface area is 186 Å². The van der Waals surface area contributed by atoms with Gasteiger partial charge in [-0.15, -0.1) is 5.10 Å². The Hall–Kier alpha value is -3.15. The molecule has 0 aromatic carbocycles. The van der Waals surface area contributed by atoms with Crippen molar-refractivity contribution >= 4 is 11.4 Å². The van der Waals surface area contributed by atoms with Crippen molar-refractivity contribution in [3.8, 4) is 5.95 Å². The van der Waals surface area contributed by atoms with Crippen LogP contribution in [0.25, 0.3) is 11.5 Å². The van der Waals surface area contributed by atoms with Crippen LogP contribution >= 0.6 is 0 Å². The van der Waals surface area contributed by atoms with E-state index in [1.165, 1.54) is 15.4 Å². The maximum absolute atomic E-state index is 13.3. The Bertz CT molecular complexity index is 1240. The lowest BCUT2D eigenvalue weighted by molar-refractivity contribution is -0.182. The van der Waals surface area contributed by atoms with Gasteiger partial charge in [-0.05, 0) is 51.3 Å². The summed E-state index contributed by atoms with van der Waals surface area (Å²) in [6.45, 7) is 2.94. The zero-order chi connectivity index (χ0) is 23.3. The Morgan fingerprint density at radius 3 is 2.67 bits per heavy atom. The number of hydrogen-bond donors (Lipinski definition) is 1. The molecule has 0 aliphatic carbocycles. The number of fused-ring (bicyclic) bond motifs is 1. The molecule has 0 saturated carbocycles. The summed E-state index contributed by atoms with van der Waals surface area (Å²) in [5.41, 5.74) is 0.967. The van der Waals surface area contributed by atoms with Gasteiger partial charge >= 0.3 is 6.18 Å². The standard InChI is InChI=1S/C21H24F3N7O2/c1-13-15(12-25-31(13)20-26-18(32)16-4-2-9-30(16)27-20)19(33)28-10-6-14(7-11-28)29-8-3-5-17(29)21(22,23)24/h2,4,9,12,14,17H,3,5-8,10-11H2,1H3,(H,26,27,32)/t17-/m1/s1. The summed E-state index contributed by atoms with van der Waals surface area (Å²) in [7, 11) is 0. The highest BCUT2D eigenvalue weighted by Gasteiger charge is 2.48. The molecule has 1 amide bonds. The van der Waals surface area contributed by atoms with Gasteiger partial charge in [-0.3, -0.25) is 19.5 Å². The van der Waals surface area contributed by atoms with Crippen LogP contribution in [0.3, 0.4) is 0 Å². The van der Waals surface area contributed by atoms with E-state index in [1.54, 1.807) is 35.1 Å². The quantitative estimate of drug-likeness (QED) is 0.643. The van der Waals surface area contributed by atoms with Gasteiger partial charge in [0.05, 0.1) is 17.5 Å². The van der Waals surface area contributed by atoms with Crippen molar-refractivity contribution in [2.24, 2.45) is 0 Å². The number of alkyl halides is 3. The topological polar surface area (TPSA) is 91.5 Å². The molecule has 5 heterocycles. The highest BCUT2D eigenvalue weighted by atomic mass is 19.4. The summed E-state index contributed by atoms with van der Waals surface area (Å²) in [4.78, 5) is 31.3. The van der Waals surface area contributed by atoms with Gasteiger partial charge in [0.2, 0.25) is 5.95 Å². The molecule has 2 fully saturated rings. The minimum Gasteiger partial charge on any atom is -0.338 e. The van der Waals surface area contributed by atoms with E-state index in [0.717, 1.165) is 0 Å². The second-order valence-corrected chi connectivity index (χ2v) is 8.63. The molecule has 12 heteroatoms. The van der Waals surface area contributed by atoms with Crippen molar-refractivity contribution in [1.82, 2.24) is 34.2 Å². The highest BCUT2D eigenvalue weighted by Crippen LogP contribution is 2.36. The Balaban J connectivity index is 1.30. The summed E-state index contributed by atoms with van der Waals surface area (Å²) >= 11 is 0. The van der Waals surface area contributed by atoms with Gasteiger partial charge in [0.15, 0.2) is 0 Å². The third-order valence-corrected chi connectivity index (χ3v) is 6.72. The van der Waals surface area contributed by atoms with Crippen LogP contribution in [0.15, 0.2) is 29.3 Å². The lowest BCUT2D eigenvalue weighted by Gasteiger charge is -2.39. The van der Waals surface area contributed by atoms with E-state index in [1.807, 2.05) is 0 Å². The molecule has 33 heavy (non-hydrogen) atoms. The number of carbonyl (C=O) groups excluding carboxylic acids is 1. The van der Waals surface area contributed by atoms with Gasteiger partial charge < -0.3 is 4.90 Å². The number of amides is 1. The predicted octanol–water partition coefficient (Wildman–Crippen LogP) is 2.15. The second-order valence-electron chi connectivity index (χ2n) is 8.63. The van der Waals surface area contributed by atoms with Crippen molar-refractivity contribution in [3.05, 3.63) is 46.1 Å². The molecule has 0 bridgehead atoms. The molecule has 2 aliphatic heterocycles. The largest absolute Gasteiger partial charge is 0.404 e. The van der Waals surface area contributed by atoms with Crippen LogP contribution < -0.4 is 5.56 Å². The number of piperidine rings is 1. The van der Waals surface area contributed by atoms with E-state index in [2.05, 4.69) is 15.2 Å². The van der Waals surface area contributed by atoms with Crippen LogP contribution in [0.2, 0.25) is 0 Å². The first-order valence-electron chi connectivity index (χ1n) is 11.0. The Morgan fingerprint density at radius 1 is 1.18 bits per heavy atom. The zero-order valence-corrected chi connectivity index (χ0v) is 18.0. The van der Waals surface area contributed by atoms with E-state index >= 15 is 0 Å². The first-order valence-corrected chi connectivity index (χ1v) is 11.0. The van der Waals surface area contributed by atoms with Crippen molar-refractivity contribution < 1.29 is 18.0 Å². The highest BCUT2D eigenvalue weighted by molar-refractivity contribution is 5.95. The Kier molecular flexibility index (Phi) is 5.26. The molecule has 176 valence electrons. The number of aromatic nitrogens is 5. The van der Waals surface area contributed by atoms with Crippen LogP contribution in [0.5, 0.6) is 0 Å². The van der Waals surface area contributed by atoms with Crippen LogP contribution in [0.1, 0.15) is 41.7 Å². The van der Waals surface area contributed by atoms with Crippen LogP contribution in [0.4, 0.5) is 13.2 Å². The third-order valence-electron chi connectivity index (χ3n) is 6.72. The van der Waals surface area contributed by atoms with E-state index in [9.17, 15) is 22.8 Å².